The SMILES string of the molecule is O=C(Nc1nccs1)C1(F)CCN(c2ncnc3c2CCC3)C1. The summed E-state index contributed by atoms with van der Waals surface area (Å²) < 4.78 is 15.1. The Hall–Kier alpha value is -2.09. The second-order valence-electron chi connectivity index (χ2n) is 5.90. The van der Waals surface area contributed by atoms with Crippen molar-refractivity contribution in [3.05, 3.63) is 29.2 Å². The molecular weight excluding hydrogens is 317 g/mol. The maximum Gasteiger partial charge on any atom is 0.265 e. The number of amides is 1. The molecule has 0 aromatic carbocycles. The molecule has 1 amide bonds. The van der Waals surface area contributed by atoms with E-state index in [-0.39, 0.29) is 13.0 Å². The van der Waals surface area contributed by atoms with Crippen molar-refractivity contribution in [2.75, 3.05) is 23.3 Å². The molecule has 2 aromatic heterocycles. The van der Waals surface area contributed by atoms with Gasteiger partial charge in [-0.2, -0.15) is 0 Å². The number of rotatable bonds is 3. The average Bonchev–Trinajstić information content (AvgIpc) is 3.26. The van der Waals surface area contributed by atoms with E-state index in [1.807, 2.05) is 4.90 Å². The van der Waals surface area contributed by atoms with Gasteiger partial charge in [0.2, 0.25) is 5.67 Å². The van der Waals surface area contributed by atoms with Crippen molar-refractivity contribution < 1.29 is 9.18 Å². The maximum absolute atomic E-state index is 15.1. The Labute approximate surface area is 136 Å². The lowest BCUT2D eigenvalue weighted by molar-refractivity contribution is -0.126. The lowest BCUT2D eigenvalue weighted by atomic mass is 10.1. The molecule has 0 bridgehead atoms. The molecule has 2 aromatic rings. The van der Waals surface area contributed by atoms with E-state index in [1.54, 1.807) is 11.6 Å². The number of nitrogens with one attached hydrogen (secondary N) is 1. The highest BCUT2D eigenvalue weighted by atomic mass is 32.1. The van der Waals surface area contributed by atoms with E-state index in [0.717, 1.165) is 36.3 Å². The van der Waals surface area contributed by atoms with Gasteiger partial charge in [-0.15, -0.1) is 11.3 Å². The number of hydrogen-bond donors (Lipinski definition) is 1. The van der Waals surface area contributed by atoms with Gasteiger partial charge in [0.05, 0.1) is 6.54 Å². The number of anilines is 2. The van der Waals surface area contributed by atoms with Crippen LogP contribution in [0.5, 0.6) is 0 Å². The van der Waals surface area contributed by atoms with E-state index in [0.29, 0.717) is 11.7 Å². The lowest BCUT2D eigenvalue weighted by Gasteiger charge is -2.22. The van der Waals surface area contributed by atoms with Crippen LogP contribution >= 0.6 is 11.3 Å². The van der Waals surface area contributed by atoms with Crippen molar-refractivity contribution in [1.82, 2.24) is 15.0 Å². The van der Waals surface area contributed by atoms with Crippen LogP contribution < -0.4 is 10.2 Å². The summed E-state index contributed by atoms with van der Waals surface area (Å²) in [7, 11) is 0. The summed E-state index contributed by atoms with van der Waals surface area (Å²) in [6, 6.07) is 0. The number of hydrogen-bond acceptors (Lipinski definition) is 6. The fraction of sp³-hybridized carbons (Fsp3) is 0.467. The average molecular weight is 333 g/mol. The first-order valence-corrected chi connectivity index (χ1v) is 8.51. The first-order valence-electron chi connectivity index (χ1n) is 7.63. The zero-order valence-corrected chi connectivity index (χ0v) is 13.3. The van der Waals surface area contributed by atoms with Gasteiger partial charge in [-0.1, -0.05) is 0 Å². The smallest absolute Gasteiger partial charge is 0.265 e. The Morgan fingerprint density at radius 2 is 2.26 bits per heavy atom. The number of carbonyl (C=O) groups is 1. The van der Waals surface area contributed by atoms with Crippen LogP contribution in [0.3, 0.4) is 0 Å². The lowest BCUT2D eigenvalue weighted by Crippen LogP contribution is -2.41. The molecule has 1 N–H and O–H groups in total. The Morgan fingerprint density at radius 1 is 1.35 bits per heavy atom. The second-order valence-corrected chi connectivity index (χ2v) is 6.80. The quantitative estimate of drug-likeness (QED) is 0.930. The van der Waals surface area contributed by atoms with Crippen LogP contribution in [0.25, 0.3) is 0 Å². The predicted molar refractivity (Wildman–Crippen MR) is 85.5 cm³/mol. The molecule has 1 fully saturated rings. The van der Waals surface area contributed by atoms with Crippen molar-refractivity contribution in [2.45, 2.75) is 31.4 Å². The maximum atomic E-state index is 15.1. The summed E-state index contributed by atoms with van der Waals surface area (Å²) in [4.78, 5) is 26.7. The number of halogens is 1. The largest absolute Gasteiger partial charge is 0.352 e. The molecule has 0 spiro atoms. The van der Waals surface area contributed by atoms with Gasteiger partial charge in [-0.05, 0) is 19.3 Å². The first kappa shape index (κ1) is 14.5. The van der Waals surface area contributed by atoms with Gasteiger partial charge in [-0.3, -0.25) is 10.1 Å². The zero-order chi connectivity index (χ0) is 15.9. The highest BCUT2D eigenvalue weighted by molar-refractivity contribution is 7.13. The van der Waals surface area contributed by atoms with Crippen molar-refractivity contribution >= 4 is 28.2 Å². The van der Waals surface area contributed by atoms with E-state index in [2.05, 4.69) is 20.3 Å². The molecule has 2 aliphatic rings. The van der Waals surface area contributed by atoms with Gasteiger partial charge >= 0.3 is 0 Å². The molecular formula is C15H16FN5OS. The fourth-order valence-electron chi connectivity index (χ4n) is 3.25. The predicted octanol–water partition coefficient (Wildman–Crippen LogP) is 1.98. The second kappa shape index (κ2) is 5.52. The molecule has 8 heteroatoms. The number of aromatic nitrogens is 3. The first-order chi connectivity index (χ1) is 11.2. The van der Waals surface area contributed by atoms with E-state index in [1.165, 1.54) is 17.7 Å². The van der Waals surface area contributed by atoms with Gasteiger partial charge < -0.3 is 4.90 Å². The van der Waals surface area contributed by atoms with Crippen LogP contribution in [0.1, 0.15) is 24.1 Å². The normalized spacial score (nSPS) is 23.1. The van der Waals surface area contributed by atoms with Gasteiger partial charge in [0.1, 0.15) is 12.1 Å². The van der Waals surface area contributed by atoms with Crippen LogP contribution in [-0.2, 0) is 17.6 Å². The molecule has 1 unspecified atom stereocenters. The summed E-state index contributed by atoms with van der Waals surface area (Å²) in [5, 5.41) is 4.73. The molecule has 0 radical (unpaired) electrons. The number of aryl methyl sites for hydroxylation is 1. The Balaban J connectivity index is 1.52. The van der Waals surface area contributed by atoms with Gasteiger partial charge in [0, 0.05) is 35.8 Å². The Bertz CT molecular complexity index is 737. The molecule has 3 heterocycles. The molecule has 23 heavy (non-hydrogen) atoms. The fourth-order valence-corrected chi connectivity index (χ4v) is 3.77. The van der Waals surface area contributed by atoms with Crippen LogP contribution in [0.4, 0.5) is 15.3 Å². The molecule has 6 nitrogen and oxygen atoms in total. The third-order valence-electron chi connectivity index (χ3n) is 4.43. The number of carbonyl (C=O) groups excluding carboxylic acids is 1. The summed E-state index contributed by atoms with van der Waals surface area (Å²) >= 11 is 1.28. The topological polar surface area (TPSA) is 71.0 Å². The van der Waals surface area contributed by atoms with Crippen LogP contribution in [0.15, 0.2) is 17.9 Å². The zero-order valence-electron chi connectivity index (χ0n) is 12.5. The Morgan fingerprint density at radius 3 is 3.09 bits per heavy atom. The minimum absolute atomic E-state index is 0.0215. The highest BCUT2D eigenvalue weighted by Gasteiger charge is 2.46. The molecule has 1 saturated heterocycles. The number of alkyl halides is 1. The van der Waals surface area contributed by atoms with Gasteiger partial charge in [0.25, 0.3) is 5.91 Å². The minimum atomic E-state index is -1.91. The van der Waals surface area contributed by atoms with Crippen molar-refractivity contribution in [2.24, 2.45) is 0 Å². The summed E-state index contributed by atoms with van der Waals surface area (Å²) in [5.41, 5.74) is 0.248. The van der Waals surface area contributed by atoms with Crippen molar-refractivity contribution in [3.8, 4) is 0 Å². The van der Waals surface area contributed by atoms with Gasteiger partial charge in [-0.25, -0.2) is 19.3 Å². The number of nitrogens with zero attached hydrogens (tertiary/aromatic N) is 4. The highest BCUT2D eigenvalue weighted by Crippen LogP contribution is 2.34. The van der Waals surface area contributed by atoms with Crippen LogP contribution in [0.2, 0.25) is 0 Å². The van der Waals surface area contributed by atoms with Gasteiger partial charge in [0.15, 0.2) is 5.13 Å². The Kier molecular flexibility index (Phi) is 3.48. The van der Waals surface area contributed by atoms with Crippen molar-refractivity contribution in [3.63, 3.8) is 0 Å². The summed E-state index contributed by atoms with van der Waals surface area (Å²) in [6.45, 7) is 0.499. The summed E-state index contributed by atoms with van der Waals surface area (Å²) in [6.07, 6.45) is 6.20. The third-order valence-corrected chi connectivity index (χ3v) is 5.12. The van der Waals surface area contributed by atoms with E-state index >= 15 is 4.39 Å². The van der Waals surface area contributed by atoms with E-state index < -0.39 is 11.6 Å². The van der Waals surface area contributed by atoms with Crippen molar-refractivity contribution in [1.29, 1.82) is 0 Å². The van der Waals surface area contributed by atoms with Crippen LogP contribution in [-0.4, -0.2) is 39.6 Å². The molecule has 1 atom stereocenters. The molecule has 4 rings (SSSR count). The number of fused-ring (bicyclic) bond motifs is 1. The van der Waals surface area contributed by atoms with Crippen LogP contribution in [0, 0.1) is 0 Å². The molecule has 0 saturated carbocycles. The van der Waals surface area contributed by atoms with E-state index in [9.17, 15) is 4.79 Å². The molecule has 1 aliphatic carbocycles. The minimum Gasteiger partial charge on any atom is -0.352 e. The number of thiazole rings is 1. The molecule has 120 valence electrons. The summed E-state index contributed by atoms with van der Waals surface area (Å²) in [5.74, 6) is 0.162. The van der Waals surface area contributed by atoms with E-state index in [4.69, 9.17) is 0 Å². The standard InChI is InChI=1S/C15H16FN5OS/c16-15(13(22)20-14-17-5-7-23-14)4-6-21(8-15)12-10-2-1-3-11(10)18-9-19-12/h5,7,9H,1-4,6,8H2,(H,17,20,22). The third kappa shape index (κ3) is 2.56. The monoisotopic (exact) mass is 333 g/mol. The molecule has 1 aliphatic heterocycles.